The van der Waals surface area contributed by atoms with Crippen LogP contribution in [-0.4, -0.2) is 31.3 Å². The van der Waals surface area contributed by atoms with Crippen molar-refractivity contribution >= 4 is 21.8 Å². The molecule has 1 aromatic heterocycles. The first kappa shape index (κ1) is 24.2. The van der Waals surface area contributed by atoms with Gasteiger partial charge in [0.2, 0.25) is 15.8 Å². The Morgan fingerprint density at radius 3 is 2.24 bits per heavy atom. The molecule has 0 saturated heterocycles. The highest BCUT2D eigenvalue weighted by molar-refractivity contribution is 7.89. The van der Waals surface area contributed by atoms with E-state index in [0.717, 1.165) is 12.1 Å². The van der Waals surface area contributed by atoms with Crippen molar-refractivity contribution in [1.29, 1.82) is 0 Å². The molecule has 0 amide bonds. The topological polar surface area (TPSA) is 108 Å². The van der Waals surface area contributed by atoms with Crippen molar-refractivity contribution in [3.8, 4) is 5.69 Å². The molecule has 0 aliphatic heterocycles. The highest BCUT2D eigenvalue weighted by atomic mass is 32.2. The Bertz CT molecular complexity index is 1330. The Labute approximate surface area is 187 Å². The minimum atomic E-state index is -4.61. The largest absolute Gasteiger partial charge is 0.454 e. The number of benzene rings is 2. The monoisotopic (exact) mass is 480 g/mol. The summed E-state index contributed by atoms with van der Waals surface area (Å²) in [7, 11) is -3.85. The summed E-state index contributed by atoms with van der Waals surface area (Å²) in [5, 5.41) is 5.10. The molecular weight excluding hydrogens is 461 g/mol. The van der Waals surface area contributed by atoms with E-state index in [9.17, 15) is 31.2 Å². The lowest BCUT2D eigenvalue weighted by Crippen LogP contribution is -2.16. The Balaban J connectivity index is 1.77. The molecule has 174 valence electrons. The van der Waals surface area contributed by atoms with E-state index in [0.29, 0.717) is 23.1 Å². The molecule has 0 fully saturated rings. The number of hydrogen-bond acceptors (Lipinski definition) is 5. The summed E-state index contributed by atoms with van der Waals surface area (Å²) in [5.41, 5.74) is 0.676. The highest BCUT2D eigenvalue weighted by Gasteiger charge is 2.31. The summed E-state index contributed by atoms with van der Waals surface area (Å²) >= 11 is 0. The zero-order chi connectivity index (χ0) is 24.6. The van der Waals surface area contributed by atoms with Gasteiger partial charge in [-0.1, -0.05) is 6.07 Å². The van der Waals surface area contributed by atoms with Gasteiger partial charge in [-0.2, -0.15) is 13.2 Å². The Morgan fingerprint density at radius 1 is 1.03 bits per heavy atom. The average molecular weight is 480 g/mol. The molecule has 2 aromatic carbocycles. The quantitative estimate of drug-likeness (QED) is 0.427. The van der Waals surface area contributed by atoms with Gasteiger partial charge in [0.1, 0.15) is 0 Å². The van der Waals surface area contributed by atoms with Crippen LogP contribution in [0.25, 0.3) is 5.69 Å². The van der Waals surface area contributed by atoms with E-state index in [1.165, 1.54) is 30.3 Å². The van der Waals surface area contributed by atoms with E-state index in [4.69, 9.17) is 9.88 Å². The van der Waals surface area contributed by atoms with E-state index >= 15 is 0 Å². The summed E-state index contributed by atoms with van der Waals surface area (Å²) in [5.74, 6) is -1.60. The zero-order valence-electron chi connectivity index (χ0n) is 17.5. The van der Waals surface area contributed by atoms with E-state index < -0.39 is 40.1 Å². The fraction of sp³-hybridized carbons (Fsp3) is 0.182. The van der Waals surface area contributed by atoms with Gasteiger partial charge in [-0.05, 0) is 62.4 Å². The number of aryl methyl sites for hydroxylation is 1. The maximum atomic E-state index is 12.8. The number of primary sulfonamides is 1. The lowest BCUT2D eigenvalue weighted by Gasteiger charge is -2.11. The fourth-order valence-corrected chi connectivity index (χ4v) is 3.86. The number of alkyl halides is 3. The van der Waals surface area contributed by atoms with Gasteiger partial charge < -0.3 is 9.30 Å². The lowest BCUT2D eigenvalue weighted by molar-refractivity contribution is -0.137. The van der Waals surface area contributed by atoms with Crippen molar-refractivity contribution in [2.24, 2.45) is 5.14 Å². The van der Waals surface area contributed by atoms with Crippen LogP contribution in [0.3, 0.4) is 0 Å². The number of rotatable bonds is 6. The smallest absolute Gasteiger partial charge is 0.416 e. The normalized spacial score (nSPS) is 11.9. The number of nitrogens with two attached hydrogens (primary N) is 1. The van der Waals surface area contributed by atoms with Crippen molar-refractivity contribution in [3.63, 3.8) is 0 Å². The molecule has 0 saturated carbocycles. The molecule has 33 heavy (non-hydrogen) atoms. The number of ether oxygens (including phenoxy) is 1. The van der Waals surface area contributed by atoms with Crippen LogP contribution in [0.5, 0.6) is 0 Å². The van der Waals surface area contributed by atoms with Gasteiger partial charge in [0, 0.05) is 22.6 Å². The van der Waals surface area contributed by atoms with Crippen LogP contribution in [0, 0.1) is 13.8 Å². The van der Waals surface area contributed by atoms with Gasteiger partial charge in [-0.15, -0.1) is 0 Å². The molecule has 0 unspecified atom stereocenters. The number of carbonyl (C=O) groups excluding carboxylic acids is 2. The van der Waals surface area contributed by atoms with Crippen LogP contribution in [0.1, 0.15) is 37.7 Å². The number of hydrogen-bond donors (Lipinski definition) is 1. The third-order valence-corrected chi connectivity index (χ3v) is 5.84. The number of esters is 1. The molecule has 0 aliphatic rings. The predicted molar refractivity (Wildman–Crippen MR) is 113 cm³/mol. The van der Waals surface area contributed by atoms with Gasteiger partial charge in [0.15, 0.2) is 6.61 Å². The van der Waals surface area contributed by atoms with E-state index in [2.05, 4.69) is 0 Å². The Hall–Kier alpha value is -3.44. The highest BCUT2D eigenvalue weighted by Crippen LogP contribution is 2.29. The van der Waals surface area contributed by atoms with Crippen LogP contribution >= 0.6 is 0 Å². The van der Waals surface area contributed by atoms with Gasteiger partial charge >= 0.3 is 12.1 Å². The third-order valence-electron chi connectivity index (χ3n) is 4.91. The van der Waals surface area contributed by atoms with Crippen molar-refractivity contribution in [3.05, 3.63) is 82.7 Å². The third kappa shape index (κ3) is 5.32. The molecule has 0 radical (unpaired) electrons. The molecule has 7 nitrogen and oxygen atoms in total. The predicted octanol–water partition coefficient (Wildman–Crippen LogP) is 3.80. The fourth-order valence-electron chi connectivity index (χ4n) is 3.34. The number of sulfonamides is 1. The second-order valence-corrected chi connectivity index (χ2v) is 8.80. The number of ketones is 1. The van der Waals surface area contributed by atoms with Crippen LogP contribution in [0.4, 0.5) is 13.2 Å². The first-order chi connectivity index (χ1) is 15.3. The Kier molecular flexibility index (Phi) is 6.48. The van der Waals surface area contributed by atoms with Crippen LogP contribution in [0.2, 0.25) is 0 Å². The molecule has 3 rings (SSSR count). The first-order valence-electron chi connectivity index (χ1n) is 9.49. The summed E-state index contributed by atoms with van der Waals surface area (Å²) in [6.45, 7) is 2.72. The first-order valence-corrected chi connectivity index (χ1v) is 11.0. The number of nitrogens with zero attached hydrogens (tertiary/aromatic N) is 1. The van der Waals surface area contributed by atoms with Gasteiger partial charge in [-0.3, -0.25) is 4.79 Å². The van der Waals surface area contributed by atoms with Crippen LogP contribution in [-0.2, 0) is 20.9 Å². The molecule has 0 bridgehead atoms. The van der Waals surface area contributed by atoms with E-state index in [-0.39, 0.29) is 16.0 Å². The van der Waals surface area contributed by atoms with Gasteiger partial charge in [0.05, 0.1) is 16.0 Å². The molecule has 11 heteroatoms. The summed E-state index contributed by atoms with van der Waals surface area (Å²) in [6.07, 6.45) is -4.61. The van der Waals surface area contributed by atoms with Crippen molar-refractivity contribution in [2.45, 2.75) is 24.9 Å². The number of halogens is 3. The minimum Gasteiger partial charge on any atom is -0.454 e. The second-order valence-electron chi connectivity index (χ2n) is 7.24. The minimum absolute atomic E-state index is 0.0634. The summed E-state index contributed by atoms with van der Waals surface area (Å²) in [4.78, 5) is 24.7. The number of carbonyl (C=O) groups is 2. The van der Waals surface area contributed by atoms with E-state index in [1.54, 1.807) is 24.5 Å². The Morgan fingerprint density at radius 2 is 1.67 bits per heavy atom. The van der Waals surface area contributed by atoms with Crippen molar-refractivity contribution < 1.29 is 35.9 Å². The SMILES string of the molecule is Cc1cc(C(=O)COC(=O)c2cccc(C(F)(F)F)c2)c(C)n1-c1ccc(S(N)(=O)=O)cc1. The second kappa shape index (κ2) is 8.83. The zero-order valence-corrected chi connectivity index (χ0v) is 18.3. The maximum Gasteiger partial charge on any atom is 0.416 e. The molecule has 0 atom stereocenters. The molecule has 0 aliphatic carbocycles. The summed E-state index contributed by atoms with van der Waals surface area (Å²) < 4.78 is 68.0. The van der Waals surface area contributed by atoms with Crippen LogP contribution < -0.4 is 5.14 Å². The number of aromatic nitrogens is 1. The average Bonchev–Trinajstić information content (AvgIpc) is 3.04. The lowest BCUT2D eigenvalue weighted by atomic mass is 10.1. The molecule has 1 heterocycles. The maximum absolute atomic E-state index is 12.8. The standard InChI is InChI=1S/C22H19F3N2O5S/c1-13-10-19(14(2)27(13)17-6-8-18(9-7-17)33(26,30)31)20(28)12-32-21(29)15-4-3-5-16(11-15)22(23,24)25/h3-11H,12H2,1-2H3,(H2,26,30,31). The van der Waals surface area contributed by atoms with Gasteiger partial charge in [-0.25, -0.2) is 18.4 Å². The molecule has 2 N–H and O–H groups in total. The summed E-state index contributed by atoms with van der Waals surface area (Å²) in [6, 6.07) is 11.0. The van der Waals surface area contributed by atoms with Crippen LogP contribution in [0.15, 0.2) is 59.5 Å². The van der Waals surface area contributed by atoms with E-state index in [1.807, 2.05) is 0 Å². The molecule has 0 spiro atoms. The van der Waals surface area contributed by atoms with Crippen molar-refractivity contribution in [1.82, 2.24) is 4.57 Å². The number of Topliss-reactive ketones (excluding diaryl/α,β-unsaturated/α-hetero) is 1. The van der Waals surface area contributed by atoms with Crippen molar-refractivity contribution in [2.75, 3.05) is 6.61 Å². The molecular formula is C22H19F3N2O5S. The molecule has 3 aromatic rings. The van der Waals surface area contributed by atoms with Gasteiger partial charge in [0.25, 0.3) is 0 Å².